The van der Waals surface area contributed by atoms with Crippen LogP contribution >= 0.6 is 0 Å². The van der Waals surface area contributed by atoms with Gasteiger partial charge in [0.1, 0.15) is 0 Å². The summed E-state index contributed by atoms with van der Waals surface area (Å²) >= 11 is 0. The maximum Gasteiger partial charge on any atom is 0.335 e. The first-order chi connectivity index (χ1) is 9.30. The smallest absolute Gasteiger partial charge is 0.335 e. The highest BCUT2D eigenvalue weighted by Gasteiger charge is 2.18. The van der Waals surface area contributed by atoms with E-state index in [-0.39, 0.29) is 10.5 Å². The van der Waals surface area contributed by atoms with Crippen LogP contribution in [0.1, 0.15) is 15.9 Å². The second-order valence-corrected chi connectivity index (χ2v) is 6.59. The van der Waals surface area contributed by atoms with Gasteiger partial charge in [0.15, 0.2) is 9.84 Å². The molecule has 0 fully saturated rings. The standard InChI is InChI=1S/C15H14O4S/c1-10-5-3-4-6-12(10)13-8-7-11(15(16)17)9-14(13)20(2,18)19/h3-9H,1-2H3,(H,16,17). The van der Waals surface area contributed by atoms with Crippen molar-refractivity contribution in [3.63, 3.8) is 0 Å². The van der Waals surface area contributed by atoms with Crippen molar-refractivity contribution in [3.05, 3.63) is 53.6 Å². The lowest BCUT2D eigenvalue weighted by Gasteiger charge is -2.11. The second kappa shape index (κ2) is 5.09. The van der Waals surface area contributed by atoms with E-state index in [4.69, 9.17) is 5.11 Å². The van der Waals surface area contributed by atoms with Gasteiger partial charge in [-0.1, -0.05) is 30.3 Å². The van der Waals surface area contributed by atoms with E-state index >= 15 is 0 Å². The number of aryl methyl sites for hydroxylation is 1. The fourth-order valence-corrected chi connectivity index (χ4v) is 2.98. The Morgan fingerprint density at radius 3 is 2.25 bits per heavy atom. The molecule has 0 aliphatic heterocycles. The molecule has 5 heteroatoms. The van der Waals surface area contributed by atoms with Crippen LogP contribution in [0.4, 0.5) is 0 Å². The lowest BCUT2D eigenvalue weighted by Crippen LogP contribution is -2.04. The van der Waals surface area contributed by atoms with Gasteiger partial charge in [0.25, 0.3) is 0 Å². The number of rotatable bonds is 3. The third-order valence-electron chi connectivity index (χ3n) is 3.06. The van der Waals surface area contributed by atoms with Crippen molar-refractivity contribution in [3.8, 4) is 11.1 Å². The van der Waals surface area contributed by atoms with Crippen molar-refractivity contribution in [1.29, 1.82) is 0 Å². The summed E-state index contributed by atoms with van der Waals surface area (Å²) in [4.78, 5) is 11.0. The predicted molar refractivity (Wildman–Crippen MR) is 76.7 cm³/mol. The summed E-state index contributed by atoms with van der Waals surface area (Å²) in [6.45, 7) is 1.88. The van der Waals surface area contributed by atoms with Gasteiger partial charge in [-0.25, -0.2) is 13.2 Å². The molecule has 104 valence electrons. The number of carboxylic acids is 1. The minimum atomic E-state index is -3.52. The number of hydrogen-bond acceptors (Lipinski definition) is 3. The van der Waals surface area contributed by atoms with Crippen LogP contribution in [-0.2, 0) is 9.84 Å². The van der Waals surface area contributed by atoms with Gasteiger partial charge >= 0.3 is 5.97 Å². The lowest BCUT2D eigenvalue weighted by molar-refractivity contribution is 0.0696. The highest BCUT2D eigenvalue weighted by molar-refractivity contribution is 7.90. The van der Waals surface area contributed by atoms with E-state index in [9.17, 15) is 13.2 Å². The molecule has 0 aromatic heterocycles. The average Bonchev–Trinajstić information content (AvgIpc) is 2.37. The lowest BCUT2D eigenvalue weighted by atomic mass is 9.99. The minimum absolute atomic E-state index is 0.0340. The fraction of sp³-hybridized carbons (Fsp3) is 0.133. The SMILES string of the molecule is Cc1ccccc1-c1ccc(C(=O)O)cc1S(C)(=O)=O. The van der Waals surface area contributed by atoms with Gasteiger partial charge in [-0.15, -0.1) is 0 Å². The predicted octanol–water partition coefficient (Wildman–Crippen LogP) is 2.76. The van der Waals surface area contributed by atoms with Crippen LogP contribution in [0.2, 0.25) is 0 Å². The zero-order valence-electron chi connectivity index (χ0n) is 11.1. The Morgan fingerprint density at radius 2 is 1.70 bits per heavy atom. The Morgan fingerprint density at radius 1 is 1.05 bits per heavy atom. The monoisotopic (exact) mass is 290 g/mol. The zero-order valence-corrected chi connectivity index (χ0v) is 11.9. The van der Waals surface area contributed by atoms with Gasteiger partial charge in [0.05, 0.1) is 10.5 Å². The van der Waals surface area contributed by atoms with Crippen molar-refractivity contribution < 1.29 is 18.3 Å². The molecule has 2 aromatic rings. The van der Waals surface area contributed by atoms with E-state index in [0.29, 0.717) is 5.56 Å². The first kappa shape index (κ1) is 14.3. The molecule has 0 saturated carbocycles. The van der Waals surface area contributed by atoms with E-state index in [2.05, 4.69) is 0 Å². The molecule has 0 radical (unpaired) electrons. The molecular weight excluding hydrogens is 276 g/mol. The topological polar surface area (TPSA) is 71.4 Å². The van der Waals surface area contributed by atoms with Crippen molar-refractivity contribution >= 4 is 15.8 Å². The van der Waals surface area contributed by atoms with Crippen LogP contribution in [0, 0.1) is 6.92 Å². The number of aromatic carboxylic acids is 1. The average molecular weight is 290 g/mol. The van der Waals surface area contributed by atoms with Crippen molar-refractivity contribution in [2.24, 2.45) is 0 Å². The molecule has 0 aliphatic carbocycles. The van der Waals surface area contributed by atoms with Gasteiger partial charge in [0, 0.05) is 11.8 Å². The highest BCUT2D eigenvalue weighted by atomic mass is 32.2. The summed E-state index contributed by atoms with van der Waals surface area (Å²) in [5, 5.41) is 9.00. The molecule has 0 aliphatic rings. The Hall–Kier alpha value is -2.14. The van der Waals surface area contributed by atoms with Gasteiger partial charge < -0.3 is 5.11 Å². The summed E-state index contributed by atoms with van der Waals surface area (Å²) in [5.74, 6) is -1.15. The summed E-state index contributed by atoms with van der Waals surface area (Å²) < 4.78 is 23.8. The molecule has 0 atom stereocenters. The Kier molecular flexibility index (Phi) is 3.63. The Bertz CT molecular complexity index is 776. The molecule has 0 saturated heterocycles. The number of hydrogen-bond donors (Lipinski definition) is 1. The molecule has 0 amide bonds. The van der Waals surface area contributed by atoms with E-state index in [1.54, 1.807) is 6.07 Å². The third kappa shape index (κ3) is 2.72. The second-order valence-electron chi connectivity index (χ2n) is 4.60. The van der Waals surface area contributed by atoms with Crippen molar-refractivity contribution in [2.75, 3.05) is 6.26 Å². The van der Waals surface area contributed by atoms with Crippen LogP contribution in [0.15, 0.2) is 47.4 Å². The zero-order chi connectivity index (χ0) is 14.9. The van der Waals surface area contributed by atoms with Crippen molar-refractivity contribution in [2.45, 2.75) is 11.8 Å². The Balaban J connectivity index is 2.78. The van der Waals surface area contributed by atoms with Crippen molar-refractivity contribution in [1.82, 2.24) is 0 Å². The highest BCUT2D eigenvalue weighted by Crippen LogP contribution is 2.30. The van der Waals surface area contributed by atoms with E-state index in [1.165, 1.54) is 12.1 Å². The van der Waals surface area contributed by atoms with Crippen LogP contribution < -0.4 is 0 Å². The molecule has 0 heterocycles. The Labute approximate surface area is 117 Å². The summed E-state index contributed by atoms with van der Waals surface area (Å²) in [6.07, 6.45) is 1.08. The number of sulfone groups is 1. The fourth-order valence-electron chi connectivity index (χ4n) is 2.06. The molecule has 2 aromatic carbocycles. The minimum Gasteiger partial charge on any atom is -0.478 e. The van der Waals surface area contributed by atoms with Crippen LogP contribution in [0.3, 0.4) is 0 Å². The largest absolute Gasteiger partial charge is 0.478 e. The van der Waals surface area contributed by atoms with Crippen LogP contribution in [0.25, 0.3) is 11.1 Å². The maximum absolute atomic E-state index is 11.9. The molecule has 2 rings (SSSR count). The summed E-state index contributed by atoms with van der Waals surface area (Å²) in [6, 6.07) is 11.6. The number of benzene rings is 2. The number of carbonyl (C=O) groups is 1. The van der Waals surface area contributed by atoms with Gasteiger partial charge in [-0.2, -0.15) is 0 Å². The van der Waals surface area contributed by atoms with Gasteiger partial charge in [-0.05, 0) is 30.2 Å². The first-order valence-corrected chi connectivity index (χ1v) is 7.83. The molecule has 4 nitrogen and oxygen atoms in total. The van der Waals surface area contributed by atoms with E-state index < -0.39 is 15.8 Å². The van der Waals surface area contributed by atoms with Crippen LogP contribution in [-0.4, -0.2) is 25.7 Å². The normalized spacial score (nSPS) is 11.3. The van der Waals surface area contributed by atoms with E-state index in [0.717, 1.165) is 17.4 Å². The maximum atomic E-state index is 11.9. The number of carboxylic acid groups (broad SMARTS) is 1. The third-order valence-corrected chi connectivity index (χ3v) is 4.20. The first-order valence-electron chi connectivity index (χ1n) is 5.94. The van der Waals surface area contributed by atoms with Gasteiger partial charge in [-0.3, -0.25) is 0 Å². The summed E-state index contributed by atoms with van der Waals surface area (Å²) in [5.41, 5.74) is 2.20. The molecule has 0 bridgehead atoms. The summed E-state index contributed by atoms with van der Waals surface area (Å²) in [7, 11) is -3.52. The molecule has 0 spiro atoms. The van der Waals surface area contributed by atoms with E-state index in [1.807, 2.05) is 31.2 Å². The quantitative estimate of drug-likeness (QED) is 0.943. The molecule has 1 N–H and O–H groups in total. The molecule has 20 heavy (non-hydrogen) atoms. The van der Waals surface area contributed by atoms with Crippen LogP contribution in [0.5, 0.6) is 0 Å². The molecule has 0 unspecified atom stereocenters. The molecular formula is C15H14O4S. The van der Waals surface area contributed by atoms with Gasteiger partial charge in [0.2, 0.25) is 0 Å².